The van der Waals surface area contributed by atoms with E-state index in [4.69, 9.17) is 9.84 Å². The number of hydrogen-bond donors (Lipinski definition) is 1. The Morgan fingerprint density at radius 3 is 2.84 bits per heavy atom. The number of aliphatic carboxylic acids is 1. The van der Waals surface area contributed by atoms with Crippen LogP contribution in [0.25, 0.3) is 0 Å². The number of benzene rings is 1. The van der Waals surface area contributed by atoms with Crippen LogP contribution < -0.4 is 4.74 Å². The third kappa shape index (κ3) is 3.05. The van der Waals surface area contributed by atoms with Gasteiger partial charge in [-0.05, 0) is 18.1 Å². The number of ether oxygens (including phenoxy) is 1. The molecule has 1 fully saturated rings. The first-order valence-corrected chi connectivity index (χ1v) is 6.24. The number of rotatable bonds is 5. The zero-order valence-corrected chi connectivity index (χ0v) is 10.8. The lowest BCUT2D eigenvalue weighted by Crippen LogP contribution is -2.28. The van der Waals surface area contributed by atoms with Crippen LogP contribution in [0.2, 0.25) is 0 Å². The van der Waals surface area contributed by atoms with Gasteiger partial charge in [0.15, 0.2) is 0 Å². The van der Waals surface area contributed by atoms with Gasteiger partial charge in [-0.25, -0.2) is 0 Å². The number of likely N-dealkylation sites (tertiary alicyclic amines) is 1. The van der Waals surface area contributed by atoms with Crippen molar-refractivity contribution in [2.75, 3.05) is 20.2 Å². The standard InChI is InChI=1S/C14H17NO4/c1-19-12-5-3-2-4-10(12)6-7-15-9-11(14(17)18)8-13(15)16/h2-5,11H,6-9H2,1H3,(H,17,18). The molecule has 0 aromatic heterocycles. The molecule has 1 aromatic rings. The van der Waals surface area contributed by atoms with Crippen LogP contribution in [0.4, 0.5) is 0 Å². The summed E-state index contributed by atoms with van der Waals surface area (Å²) in [6, 6.07) is 7.64. The van der Waals surface area contributed by atoms with E-state index in [9.17, 15) is 9.59 Å². The molecular formula is C14H17NO4. The fraction of sp³-hybridized carbons (Fsp3) is 0.429. The van der Waals surface area contributed by atoms with Gasteiger partial charge < -0.3 is 14.7 Å². The zero-order valence-electron chi connectivity index (χ0n) is 10.8. The van der Waals surface area contributed by atoms with Crippen molar-refractivity contribution in [2.45, 2.75) is 12.8 Å². The molecule has 5 nitrogen and oxygen atoms in total. The van der Waals surface area contributed by atoms with Gasteiger partial charge in [0.05, 0.1) is 13.0 Å². The molecule has 0 saturated carbocycles. The largest absolute Gasteiger partial charge is 0.496 e. The number of carboxylic acids is 1. The Balaban J connectivity index is 1.96. The van der Waals surface area contributed by atoms with Gasteiger partial charge in [-0.2, -0.15) is 0 Å². The summed E-state index contributed by atoms with van der Waals surface area (Å²) in [6.45, 7) is 0.840. The quantitative estimate of drug-likeness (QED) is 0.866. The van der Waals surface area contributed by atoms with E-state index in [2.05, 4.69) is 0 Å². The Kier molecular flexibility index (Phi) is 4.04. The van der Waals surface area contributed by atoms with Crippen molar-refractivity contribution in [2.24, 2.45) is 5.92 Å². The lowest BCUT2D eigenvalue weighted by atomic mass is 10.1. The molecule has 102 valence electrons. The van der Waals surface area contributed by atoms with Crippen LogP contribution in [0.3, 0.4) is 0 Å². The van der Waals surface area contributed by atoms with E-state index in [1.807, 2.05) is 24.3 Å². The Hall–Kier alpha value is -2.04. The number of nitrogens with zero attached hydrogens (tertiary/aromatic N) is 1. The molecule has 0 spiro atoms. The highest BCUT2D eigenvalue weighted by molar-refractivity contribution is 5.86. The summed E-state index contributed by atoms with van der Waals surface area (Å²) < 4.78 is 5.25. The predicted molar refractivity (Wildman–Crippen MR) is 69.0 cm³/mol. The van der Waals surface area contributed by atoms with Gasteiger partial charge in [0.2, 0.25) is 5.91 Å². The molecule has 5 heteroatoms. The topological polar surface area (TPSA) is 66.8 Å². The van der Waals surface area contributed by atoms with Gasteiger partial charge in [0.25, 0.3) is 0 Å². The molecule has 19 heavy (non-hydrogen) atoms. The van der Waals surface area contributed by atoms with Gasteiger partial charge in [0, 0.05) is 19.5 Å². The highest BCUT2D eigenvalue weighted by Crippen LogP contribution is 2.21. The minimum atomic E-state index is -0.895. The number of carbonyl (C=O) groups excluding carboxylic acids is 1. The Morgan fingerprint density at radius 2 is 2.21 bits per heavy atom. The molecule has 1 aliphatic heterocycles. The molecule has 0 aliphatic carbocycles. The Morgan fingerprint density at radius 1 is 1.47 bits per heavy atom. The van der Waals surface area contributed by atoms with Crippen LogP contribution in [0.1, 0.15) is 12.0 Å². The van der Waals surface area contributed by atoms with Crippen LogP contribution in [-0.4, -0.2) is 42.1 Å². The summed E-state index contributed by atoms with van der Waals surface area (Å²) in [5, 5.41) is 8.92. The minimum Gasteiger partial charge on any atom is -0.496 e. The third-order valence-corrected chi connectivity index (χ3v) is 3.41. The molecule has 1 aromatic carbocycles. The lowest BCUT2D eigenvalue weighted by Gasteiger charge is -2.16. The molecular weight excluding hydrogens is 246 g/mol. The second-order valence-electron chi connectivity index (χ2n) is 4.64. The van der Waals surface area contributed by atoms with Gasteiger partial charge in [-0.15, -0.1) is 0 Å². The summed E-state index contributed by atoms with van der Waals surface area (Å²) in [7, 11) is 1.61. The van der Waals surface area contributed by atoms with Crippen LogP contribution in [0.15, 0.2) is 24.3 Å². The van der Waals surface area contributed by atoms with Crippen molar-refractivity contribution in [1.82, 2.24) is 4.90 Å². The van der Waals surface area contributed by atoms with Crippen molar-refractivity contribution in [1.29, 1.82) is 0 Å². The van der Waals surface area contributed by atoms with E-state index >= 15 is 0 Å². The molecule has 1 atom stereocenters. The molecule has 0 bridgehead atoms. The summed E-state index contributed by atoms with van der Waals surface area (Å²) in [6.07, 6.45) is 0.781. The fourth-order valence-corrected chi connectivity index (χ4v) is 2.32. The molecule has 1 heterocycles. The van der Waals surface area contributed by atoms with Crippen molar-refractivity contribution < 1.29 is 19.4 Å². The summed E-state index contributed by atoms with van der Waals surface area (Å²) in [4.78, 5) is 24.2. The number of hydrogen-bond acceptors (Lipinski definition) is 3. The second-order valence-corrected chi connectivity index (χ2v) is 4.64. The number of methoxy groups -OCH3 is 1. The zero-order chi connectivity index (χ0) is 13.8. The smallest absolute Gasteiger partial charge is 0.308 e. The monoisotopic (exact) mass is 263 g/mol. The third-order valence-electron chi connectivity index (χ3n) is 3.41. The van der Waals surface area contributed by atoms with E-state index in [1.165, 1.54) is 0 Å². The molecule has 2 rings (SSSR count). The van der Waals surface area contributed by atoms with E-state index in [0.29, 0.717) is 19.5 Å². The average molecular weight is 263 g/mol. The molecule has 0 radical (unpaired) electrons. The second kappa shape index (κ2) is 5.73. The highest BCUT2D eigenvalue weighted by Gasteiger charge is 2.33. The Bertz CT molecular complexity index is 486. The van der Waals surface area contributed by atoms with Crippen molar-refractivity contribution in [3.8, 4) is 5.75 Å². The van der Waals surface area contributed by atoms with E-state index in [0.717, 1.165) is 11.3 Å². The number of carboxylic acid groups (broad SMARTS) is 1. The maximum absolute atomic E-state index is 11.7. The van der Waals surface area contributed by atoms with Gasteiger partial charge in [-0.3, -0.25) is 9.59 Å². The lowest BCUT2D eigenvalue weighted by molar-refractivity contribution is -0.141. The molecule has 1 unspecified atom stereocenters. The first-order chi connectivity index (χ1) is 9.11. The van der Waals surface area contributed by atoms with Crippen molar-refractivity contribution >= 4 is 11.9 Å². The van der Waals surface area contributed by atoms with E-state index in [1.54, 1.807) is 12.0 Å². The van der Waals surface area contributed by atoms with Crippen LogP contribution >= 0.6 is 0 Å². The van der Waals surface area contributed by atoms with Crippen molar-refractivity contribution in [3.05, 3.63) is 29.8 Å². The van der Waals surface area contributed by atoms with E-state index in [-0.39, 0.29) is 12.3 Å². The first kappa shape index (κ1) is 13.4. The maximum atomic E-state index is 11.7. The summed E-state index contributed by atoms with van der Waals surface area (Å²) in [5.41, 5.74) is 1.02. The van der Waals surface area contributed by atoms with Crippen LogP contribution in [0, 0.1) is 5.92 Å². The number of carbonyl (C=O) groups is 2. The van der Waals surface area contributed by atoms with Crippen LogP contribution in [0.5, 0.6) is 5.75 Å². The predicted octanol–water partition coefficient (Wildman–Crippen LogP) is 1.17. The number of para-hydroxylation sites is 1. The van der Waals surface area contributed by atoms with Crippen molar-refractivity contribution in [3.63, 3.8) is 0 Å². The van der Waals surface area contributed by atoms with Gasteiger partial charge >= 0.3 is 5.97 Å². The first-order valence-electron chi connectivity index (χ1n) is 6.24. The maximum Gasteiger partial charge on any atom is 0.308 e. The normalized spacial score (nSPS) is 18.7. The van der Waals surface area contributed by atoms with E-state index < -0.39 is 11.9 Å². The Labute approximate surface area is 111 Å². The van der Waals surface area contributed by atoms with Crippen LogP contribution in [-0.2, 0) is 16.0 Å². The SMILES string of the molecule is COc1ccccc1CCN1CC(C(=O)O)CC1=O. The fourth-order valence-electron chi connectivity index (χ4n) is 2.32. The van der Waals surface area contributed by atoms with Gasteiger partial charge in [0.1, 0.15) is 5.75 Å². The minimum absolute atomic E-state index is 0.0812. The summed E-state index contributed by atoms with van der Waals surface area (Å²) in [5.74, 6) is -0.746. The van der Waals surface area contributed by atoms with Gasteiger partial charge in [-0.1, -0.05) is 18.2 Å². The molecule has 1 saturated heterocycles. The summed E-state index contributed by atoms with van der Waals surface area (Å²) >= 11 is 0. The molecule has 1 N–H and O–H groups in total. The number of amides is 1. The molecule has 1 aliphatic rings. The molecule has 1 amide bonds. The highest BCUT2D eigenvalue weighted by atomic mass is 16.5. The average Bonchev–Trinajstić information content (AvgIpc) is 2.78.